The van der Waals surface area contributed by atoms with Crippen LogP contribution in [0, 0.1) is 20.8 Å². The minimum absolute atomic E-state index is 0.0627. The lowest BCUT2D eigenvalue weighted by atomic mass is 9.98. The standard InChI is InChI=1S/C26H29N5O3S/c1-15-16(2)35-25-22(15)23(19-11-9-18(10-12-19)8-7-13-27-33)28-20(14-21(32)34-26(4,5)6)24-30-29-17(3)31(24)25/h7-13,20,33H,14H2,1-6H3/b8-7+,27-13+/t20-/m0/s1. The van der Waals surface area contributed by atoms with Crippen LogP contribution in [0.15, 0.2) is 40.5 Å². The molecule has 1 aliphatic rings. The molecule has 0 saturated carbocycles. The summed E-state index contributed by atoms with van der Waals surface area (Å²) in [5, 5.41) is 21.3. The zero-order valence-electron chi connectivity index (χ0n) is 20.7. The summed E-state index contributed by atoms with van der Waals surface area (Å²) in [5.41, 5.74) is 4.29. The Hall–Kier alpha value is -3.59. The normalized spacial score (nSPS) is 15.7. The van der Waals surface area contributed by atoms with Gasteiger partial charge in [0.05, 0.1) is 18.3 Å². The molecule has 1 N–H and O–H groups in total. The van der Waals surface area contributed by atoms with Gasteiger partial charge < -0.3 is 9.94 Å². The third kappa shape index (κ3) is 5.09. The van der Waals surface area contributed by atoms with Gasteiger partial charge in [-0.2, -0.15) is 0 Å². The van der Waals surface area contributed by atoms with Crippen LogP contribution in [-0.4, -0.2) is 43.5 Å². The molecular weight excluding hydrogens is 462 g/mol. The van der Waals surface area contributed by atoms with Crippen molar-refractivity contribution in [1.82, 2.24) is 14.8 Å². The van der Waals surface area contributed by atoms with Gasteiger partial charge in [0.1, 0.15) is 22.5 Å². The number of hydrogen-bond acceptors (Lipinski definition) is 8. The van der Waals surface area contributed by atoms with Crippen LogP contribution in [-0.2, 0) is 9.53 Å². The first-order valence-electron chi connectivity index (χ1n) is 11.4. The van der Waals surface area contributed by atoms with E-state index in [2.05, 4.69) is 29.2 Å². The minimum atomic E-state index is -0.589. The van der Waals surface area contributed by atoms with Crippen molar-refractivity contribution in [3.05, 3.63) is 69.1 Å². The van der Waals surface area contributed by atoms with Gasteiger partial charge in [-0.05, 0) is 58.7 Å². The van der Waals surface area contributed by atoms with Crippen molar-refractivity contribution in [3.8, 4) is 5.00 Å². The molecule has 0 bridgehead atoms. The van der Waals surface area contributed by atoms with Crippen LogP contribution >= 0.6 is 11.3 Å². The van der Waals surface area contributed by atoms with Crippen molar-refractivity contribution in [2.75, 3.05) is 0 Å². The van der Waals surface area contributed by atoms with E-state index in [0.29, 0.717) is 5.82 Å². The summed E-state index contributed by atoms with van der Waals surface area (Å²) in [6.07, 6.45) is 4.88. The van der Waals surface area contributed by atoms with Crippen molar-refractivity contribution < 1.29 is 14.7 Å². The summed E-state index contributed by atoms with van der Waals surface area (Å²) in [7, 11) is 0. The zero-order valence-corrected chi connectivity index (χ0v) is 21.6. The maximum absolute atomic E-state index is 12.8. The van der Waals surface area contributed by atoms with E-state index < -0.39 is 11.6 Å². The van der Waals surface area contributed by atoms with E-state index >= 15 is 0 Å². The Balaban J connectivity index is 1.85. The highest BCUT2D eigenvalue weighted by Crippen LogP contribution is 2.39. The number of aryl methyl sites for hydroxylation is 2. The van der Waals surface area contributed by atoms with E-state index in [1.54, 1.807) is 17.4 Å². The van der Waals surface area contributed by atoms with Gasteiger partial charge in [-0.15, -0.1) is 21.5 Å². The van der Waals surface area contributed by atoms with Gasteiger partial charge in [0, 0.05) is 16.0 Å². The fourth-order valence-corrected chi connectivity index (χ4v) is 5.22. The molecule has 0 unspecified atom stereocenters. The molecule has 0 amide bonds. The second-order valence-corrected chi connectivity index (χ2v) is 10.6. The number of carbonyl (C=O) groups is 1. The van der Waals surface area contributed by atoms with Crippen LogP contribution in [0.2, 0.25) is 0 Å². The highest BCUT2D eigenvalue weighted by Gasteiger charge is 2.33. The molecule has 0 saturated heterocycles. The number of thiophene rings is 1. The molecule has 4 rings (SSSR count). The molecule has 3 aromatic rings. The van der Waals surface area contributed by atoms with E-state index in [9.17, 15) is 4.79 Å². The minimum Gasteiger partial charge on any atom is -0.460 e. The Morgan fingerprint density at radius 3 is 2.57 bits per heavy atom. The molecule has 1 atom stereocenters. The maximum atomic E-state index is 12.8. The quantitative estimate of drug-likeness (QED) is 0.224. The van der Waals surface area contributed by atoms with Gasteiger partial charge in [-0.25, -0.2) is 0 Å². The molecule has 35 heavy (non-hydrogen) atoms. The van der Waals surface area contributed by atoms with Crippen molar-refractivity contribution in [2.45, 2.75) is 59.6 Å². The Morgan fingerprint density at radius 1 is 1.20 bits per heavy atom. The van der Waals surface area contributed by atoms with Gasteiger partial charge in [0.15, 0.2) is 5.82 Å². The summed E-state index contributed by atoms with van der Waals surface area (Å²) in [6, 6.07) is 7.43. The predicted octanol–water partition coefficient (Wildman–Crippen LogP) is 5.35. The van der Waals surface area contributed by atoms with E-state index in [4.69, 9.17) is 14.9 Å². The number of benzene rings is 1. The van der Waals surface area contributed by atoms with Crippen molar-refractivity contribution in [2.24, 2.45) is 10.1 Å². The molecule has 0 fully saturated rings. The first kappa shape index (κ1) is 24.5. The van der Waals surface area contributed by atoms with Crippen LogP contribution in [0.3, 0.4) is 0 Å². The summed E-state index contributed by atoms with van der Waals surface area (Å²) >= 11 is 1.67. The molecular formula is C26H29N5O3S. The molecule has 0 aliphatic carbocycles. The summed E-state index contributed by atoms with van der Waals surface area (Å²) < 4.78 is 7.63. The second-order valence-electron chi connectivity index (χ2n) is 9.43. The number of aromatic nitrogens is 3. The summed E-state index contributed by atoms with van der Waals surface area (Å²) in [4.78, 5) is 19.1. The highest BCUT2D eigenvalue weighted by molar-refractivity contribution is 7.15. The van der Waals surface area contributed by atoms with Gasteiger partial charge >= 0.3 is 5.97 Å². The van der Waals surface area contributed by atoms with Gasteiger partial charge in [0.2, 0.25) is 0 Å². The molecule has 3 heterocycles. The number of aliphatic imine (C=N–C) groups is 1. The van der Waals surface area contributed by atoms with Crippen LogP contribution in [0.25, 0.3) is 11.1 Å². The fourth-order valence-electron chi connectivity index (χ4n) is 4.01. The summed E-state index contributed by atoms with van der Waals surface area (Å²) in [5.74, 6) is 1.05. The fraction of sp³-hybridized carbons (Fsp3) is 0.346. The molecule has 1 aliphatic heterocycles. The smallest absolute Gasteiger partial charge is 0.308 e. The molecule has 9 heteroatoms. The topological polar surface area (TPSA) is 102 Å². The molecule has 8 nitrogen and oxygen atoms in total. The SMILES string of the molecule is Cc1sc2c(c1C)C(c1ccc(/C=C/C=N/O)cc1)=N[C@@H](CC(=O)OC(C)(C)C)c1nnc(C)n1-2. The lowest BCUT2D eigenvalue weighted by Gasteiger charge is -2.21. The predicted molar refractivity (Wildman–Crippen MR) is 138 cm³/mol. The van der Waals surface area contributed by atoms with Crippen molar-refractivity contribution in [1.29, 1.82) is 0 Å². The number of fused-ring (bicyclic) bond motifs is 3. The number of allylic oxidation sites excluding steroid dienone is 1. The third-order valence-corrected chi connectivity index (χ3v) is 6.84. The number of oxime groups is 1. The Bertz CT molecular complexity index is 1340. The van der Waals surface area contributed by atoms with Crippen molar-refractivity contribution in [3.63, 3.8) is 0 Å². The Labute approximate surface area is 208 Å². The van der Waals surface area contributed by atoms with E-state index in [0.717, 1.165) is 38.8 Å². The molecule has 2 aromatic heterocycles. The summed E-state index contributed by atoms with van der Waals surface area (Å²) in [6.45, 7) is 11.7. The number of carbonyl (C=O) groups excluding carboxylic acids is 1. The lowest BCUT2D eigenvalue weighted by Crippen LogP contribution is -2.25. The highest BCUT2D eigenvalue weighted by atomic mass is 32.1. The number of ether oxygens (including phenoxy) is 1. The van der Waals surface area contributed by atoms with Crippen LogP contribution in [0.1, 0.15) is 72.0 Å². The number of rotatable bonds is 5. The molecule has 1 aromatic carbocycles. The van der Waals surface area contributed by atoms with Crippen LogP contribution < -0.4 is 0 Å². The molecule has 0 radical (unpaired) electrons. The average molecular weight is 492 g/mol. The van der Waals surface area contributed by atoms with Gasteiger partial charge in [-0.1, -0.05) is 35.5 Å². The first-order chi connectivity index (χ1) is 16.6. The monoisotopic (exact) mass is 491 g/mol. The van der Waals surface area contributed by atoms with E-state index in [1.165, 1.54) is 11.1 Å². The Kier molecular flexibility index (Phi) is 6.71. The average Bonchev–Trinajstić information content (AvgIpc) is 3.25. The van der Waals surface area contributed by atoms with E-state index in [-0.39, 0.29) is 12.4 Å². The number of esters is 1. The van der Waals surface area contributed by atoms with Crippen molar-refractivity contribution >= 4 is 35.3 Å². The zero-order chi connectivity index (χ0) is 25.3. The third-order valence-electron chi connectivity index (χ3n) is 5.65. The Morgan fingerprint density at radius 2 is 1.91 bits per heavy atom. The molecule has 182 valence electrons. The maximum Gasteiger partial charge on any atom is 0.308 e. The van der Waals surface area contributed by atoms with Crippen LogP contribution in [0.4, 0.5) is 0 Å². The number of nitrogens with zero attached hydrogens (tertiary/aromatic N) is 5. The van der Waals surface area contributed by atoms with E-state index in [1.807, 2.05) is 62.6 Å². The first-order valence-corrected chi connectivity index (χ1v) is 12.2. The van der Waals surface area contributed by atoms with Gasteiger partial charge in [0.25, 0.3) is 0 Å². The molecule has 0 spiro atoms. The lowest BCUT2D eigenvalue weighted by molar-refractivity contribution is -0.155. The van der Waals surface area contributed by atoms with Gasteiger partial charge in [-0.3, -0.25) is 14.4 Å². The second kappa shape index (κ2) is 9.58. The largest absolute Gasteiger partial charge is 0.460 e. The number of hydrogen-bond donors (Lipinski definition) is 1. The van der Waals surface area contributed by atoms with Crippen LogP contribution in [0.5, 0.6) is 0 Å².